The van der Waals surface area contributed by atoms with E-state index in [0.29, 0.717) is 10.8 Å². The molecular weight excluding hydrogens is 190 g/mol. The van der Waals surface area contributed by atoms with E-state index >= 15 is 0 Å². The second-order valence-electron chi connectivity index (χ2n) is 2.54. The molecule has 0 fully saturated rings. The Balaban J connectivity index is 2.74. The summed E-state index contributed by atoms with van der Waals surface area (Å²) in [6.07, 6.45) is 3.12. The minimum absolute atomic E-state index is 0.342. The molecule has 0 bridgehead atoms. The molecule has 0 saturated carbocycles. The first kappa shape index (κ1) is 8.07. The number of rotatable bonds is 1. The molecule has 0 atom stereocenters. The van der Waals surface area contributed by atoms with Gasteiger partial charge in [0.1, 0.15) is 11.3 Å². The maximum atomic E-state index is 10.2. The summed E-state index contributed by atoms with van der Waals surface area (Å²) in [4.78, 5) is 17.0. The van der Waals surface area contributed by atoms with E-state index in [9.17, 15) is 4.91 Å². The second-order valence-corrected chi connectivity index (χ2v) is 2.93. The molecule has 0 aromatic carbocycles. The highest BCUT2D eigenvalue weighted by molar-refractivity contribution is 6.30. The van der Waals surface area contributed by atoms with Crippen LogP contribution < -0.4 is 4.98 Å². The number of pyridine rings is 2. The molecule has 0 aliphatic heterocycles. The Labute approximate surface area is 78.6 Å². The van der Waals surface area contributed by atoms with E-state index in [-0.39, 0.29) is 0 Å². The van der Waals surface area contributed by atoms with Gasteiger partial charge < -0.3 is 0 Å². The number of H-pyrrole nitrogens is 1. The highest BCUT2D eigenvalue weighted by Gasteiger charge is 2.04. The van der Waals surface area contributed by atoms with Gasteiger partial charge in [-0.3, -0.25) is 0 Å². The Morgan fingerprint density at radius 3 is 3.08 bits per heavy atom. The molecule has 2 aromatic rings. The first-order valence-corrected chi connectivity index (χ1v) is 3.98. The Bertz CT molecular complexity index is 472. The van der Waals surface area contributed by atoms with Crippen molar-refractivity contribution < 1.29 is 4.98 Å². The fourth-order valence-electron chi connectivity index (χ4n) is 1.09. The van der Waals surface area contributed by atoms with E-state index in [1.165, 1.54) is 6.20 Å². The van der Waals surface area contributed by atoms with Gasteiger partial charge in [-0.25, -0.2) is 9.97 Å². The van der Waals surface area contributed by atoms with Gasteiger partial charge in [-0.15, -0.1) is 4.91 Å². The van der Waals surface area contributed by atoms with Crippen LogP contribution in [0, 0.1) is 4.91 Å². The van der Waals surface area contributed by atoms with Crippen molar-refractivity contribution in [2.75, 3.05) is 0 Å². The van der Waals surface area contributed by atoms with Crippen LogP contribution in [-0.4, -0.2) is 4.98 Å². The molecule has 0 amide bonds. The van der Waals surface area contributed by atoms with Gasteiger partial charge in [0.25, 0.3) is 0 Å². The van der Waals surface area contributed by atoms with Crippen LogP contribution in [0.5, 0.6) is 0 Å². The molecule has 0 saturated heterocycles. The second kappa shape index (κ2) is 3.06. The highest BCUT2D eigenvalue weighted by atomic mass is 35.5. The Kier molecular flexibility index (Phi) is 1.90. The third-order valence-electron chi connectivity index (χ3n) is 1.69. The van der Waals surface area contributed by atoms with E-state index in [0.717, 1.165) is 10.9 Å². The minimum Gasteiger partial charge on any atom is -0.238 e. The molecular formula is C8H5ClN3O+. The van der Waals surface area contributed by atoms with Crippen molar-refractivity contribution in [1.82, 2.24) is 4.98 Å². The van der Waals surface area contributed by atoms with Crippen LogP contribution in [0.2, 0.25) is 5.15 Å². The van der Waals surface area contributed by atoms with Gasteiger partial charge in [0.05, 0.1) is 5.39 Å². The average molecular weight is 195 g/mol. The van der Waals surface area contributed by atoms with Gasteiger partial charge in [0.15, 0.2) is 11.9 Å². The van der Waals surface area contributed by atoms with Gasteiger partial charge in [-0.2, -0.15) is 0 Å². The van der Waals surface area contributed by atoms with Crippen molar-refractivity contribution in [3.8, 4) is 0 Å². The third-order valence-corrected chi connectivity index (χ3v) is 1.89. The van der Waals surface area contributed by atoms with Crippen LogP contribution in [0.1, 0.15) is 0 Å². The van der Waals surface area contributed by atoms with E-state index < -0.39 is 0 Å². The summed E-state index contributed by atoms with van der Waals surface area (Å²) in [7, 11) is 0. The quantitative estimate of drug-likeness (QED) is 0.516. The first-order chi connectivity index (χ1) is 6.29. The highest BCUT2D eigenvalue weighted by Crippen LogP contribution is 2.17. The number of nitroso groups, excluding NO2 is 1. The number of aromatic amines is 1. The van der Waals surface area contributed by atoms with Crippen LogP contribution in [-0.2, 0) is 0 Å². The zero-order valence-corrected chi connectivity index (χ0v) is 7.25. The van der Waals surface area contributed by atoms with Gasteiger partial charge in [-0.1, -0.05) is 11.6 Å². The normalized spacial score (nSPS) is 10.2. The van der Waals surface area contributed by atoms with Crippen molar-refractivity contribution in [3.05, 3.63) is 34.6 Å². The Morgan fingerprint density at radius 2 is 2.31 bits per heavy atom. The van der Waals surface area contributed by atoms with Crippen molar-refractivity contribution in [2.24, 2.45) is 5.18 Å². The molecule has 2 heterocycles. The van der Waals surface area contributed by atoms with Gasteiger partial charge in [0, 0.05) is 0 Å². The first-order valence-electron chi connectivity index (χ1n) is 3.60. The van der Waals surface area contributed by atoms with E-state index in [1.54, 1.807) is 18.3 Å². The predicted molar refractivity (Wildman–Crippen MR) is 48.8 cm³/mol. The Hall–Kier alpha value is -1.55. The molecule has 2 aromatic heterocycles. The fourth-order valence-corrected chi connectivity index (χ4v) is 1.26. The standard InChI is InChI=1S/C8H4ClN3O/c9-8-2-5-1-6(12-13)3-10-7(5)4-11-8/h1-4H/p+1. The molecule has 13 heavy (non-hydrogen) atoms. The van der Waals surface area contributed by atoms with Crippen LogP contribution in [0.4, 0.5) is 5.69 Å². The number of halogens is 1. The Morgan fingerprint density at radius 1 is 1.46 bits per heavy atom. The van der Waals surface area contributed by atoms with Crippen molar-refractivity contribution >= 4 is 28.2 Å². The molecule has 64 valence electrons. The lowest BCUT2D eigenvalue weighted by molar-refractivity contribution is -0.343. The van der Waals surface area contributed by atoms with Crippen molar-refractivity contribution in [3.63, 3.8) is 0 Å². The molecule has 0 spiro atoms. The maximum Gasteiger partial charge on any atom is 0.229 e. The summed E-state index contributed by atoms with van der Waals surface area (Å²) in [5.74, 6) is 0. The maximum absolute atomic E-state index is 10.2. The SMILES string of the molecule is O=Nc1c[nH+]c2cnc(Cl)cc2c1. The average Bonchev–Trinajstić information content (AvgIpc) is 2.16. The van der Waals surface area contributed by atoms with Gasteiger partial charge in [0.2, 0.25) is 5.52 Å². The monoisotopic (exact) mass is 194 g/mol. The molecule has 0 aliphatic carbocycles. The van der Waals surface area contributed by atoms with Crippen molar-refractivity contribution in [2.45, 2.75) is 0 Å². The summed E-state index contributed by atoms with van der Waals surface area (Å²) in [6, 6.07) is 3.31. The smallest absolute Gasteiger partial charge is 0.229 e. The lowest BCUT2D eigenvalue weighted by Gasteiger charge is -1.91. The molecule has 2 rings (SSSR count). The van der Waals surface area contributed by atoms with E-state index in [2.05, 4.69) is 15.1 Å². The zero-order chi connectivity index (χ0) is 9.26. The van der Waals surface area contributed by atoms with E-state index in [4.69, 9.17) is 11.6 Å². The fraction of sp³-hybridized carbons (Fsp3) is 0. The van der Waals surface area contributed by atoms with E-state index in [1.807, 2.05) is 0 Å². The lowest BCUT2D eigenvalue weighted by Crippen LogP contribution is -2.01. The van der Waals surface area contributed by atoms with Crippen LogP contribution >= 0.6 is 11.6 Å². The number of nitrogens with zero attached hydrogens (tertiary/aromatic N) is 2. The molecule has 0 radical (unpaired) electrons. The number of aromatic nitrogens is 2. The molecule has 0 aliphatic rings. The summed E-state index contributed by atoms with van der Waals surface area (Å²) >= 11 is 5.68. The van der Waals surface area contributed by atoms with Crippen LogP contribution in [0.15, 0.2) is 29.7 Å². The topological polar surface area (TPSA) is 56.5 Å². The van der Waals surface area contributed by atoms with Gasteiger partial charge in [-0.05, 0) is 17.3 Å². The molecule has 4 nitrogen and oxygen atoms in total. The van der Waals surface area contributed by atoms with Crippen LogP contribution in [0.3, 0.4) is 0 Å². The third kappa shape index (κ3) is 1.48. The largest absolute Gasteiger partial charge is 0.238 e. The molecule has 5 heteroatoms. The zero-order valence-electron chi connectivity index (χ0n) is 6.49. The van der Waals surface area contributed by atoms with Gasteiger partial charge >= 0.3 is 0 Å². The summed E-state index contributed by atoms with van der Waals surface area (Å²) in [5, 5.41) is 4.01. The number of nitrogens with one attached hydrogen (secondary N) is 1. The number of fused-ring (bicyclic) bond motifs is 1. The summed E-state index contributed by atoms with van der Waals surface area (Å²) < 4.78 is 0. The molecule has 1 N–H and O–H groups in total. The predicted octanol–water partition coefficient (Wildman–Crippen LogP) is 2.10. The lowest BCUT2D eigenvalue weighted by atomic mass is 10.2. The number of hydrogen-bond acceptors (Lipinski definition) is 3. The summed E-state index contributed by atoms with van der Waals surface area (Å²) in [6.45, 7) is 0. The molecule has 0 unspecified atom stereocenters. The number of hydrogen-bond donors (Lipinski definition) is 0. The van der Waals surface area contributed by atoms with Crippen molar-refractivity contribution in [1.29, 1.82) is 0 Å². The van der Waals surface area contributed by atoms with Crippen LogP contribution in [0.25, 0.3) is 10.9 Å². The minimum atomic E-state index is 0.342. The summed E-state index contributed by atoms with van der Waals surface area (Å²) in [5.41, 5.74) is 1.16.